The Kier molecular flexibility index (Phi) is 4.09. The van der Waals surface area contributed by atoms with Gasteiger partial charge in [0.2, 0.25) is 10.1 Å². The van der Waals surface area contributed by atoms with E-state index in [1.807, 2.05) is 6.07 Å². The summed E-state index contributed by atoms with van der Waals surface area (Å²) in [6.07, 6.45) is 0. The Morgan fingerprint density at radius 1 is 1.47 bits per heavy atom. The molecule has 2 rings (SSSR count). The number of carbonyl (C=O) groups excluding carboxylic acids is 1. The van der Waals surface area contributed by atoms with E-state index in [4.69, 9.17) is 5.26 Å². The van der Waals surface area contributed by atoms with Gasteiger partial charge in [-0.1, -0.05) is 11.3 Å². The highest BCUT2D eigenvalue weighted by Crippen LogP contribution is 2.24. The van der Waals surface area contributed by atoms with Crippen LogP contribution in [0.3, 0.4) is 0 Å². The van der Waals surface area contributed by atoms with Crippen molar-refractivity contribution in [3.63, 3.8) is 0 Å². The van der Waals surface area contributed by atoms with E-state index < -0.39 is 0 Å². The fourth-order valence-electron chi connectivity index (χ4n) is 1.28. The van der Waals surface area contributed by atoms with E-state index in [2.05, 4.69) is 36.8 Å². The molecule has 2 N–H and O–H groups in total. The Morgan fingerprint density at radius 2 is 2.26 bits per heavy atom. The molecule has 0 bridgehead atoms. The molecule has 0 saturated heterocycles. The van der Waals surface area contributed by atoms with Crippen LogP contribution in [0.2, 0.25) is 0 Å². The second kappa shape index (κ2) is 5.77. The van der Waals surface area contributed by atoms with Crippen molar-refractivity contribution in [1.29, 1.82) is 5.26 Å². The Bertz CT molecular complexity index is 663. The number of nitrogens with one attached hydrogen (secondary N) is 2. The normalized spacial score (nSPS) is 9.74. The zero-order valence-corrected chi connectivity index (χ0v) is 12.2. The number of hydrogen-bond acceptors (Lipinski definition) is 6. The van der Waals surface area contributed by atoms with Crippen LogP contribution in [0.5, 0.6) is 0 Å². The lowest BCUT2D eigenvalue weighted by atomic mass is 10.2. The second-order valence-electron chi connectivity index (χ2n) is 3.42. The van der Waals surface area contributed by atoms with E-state index in [1.54, 1.807) is 25.2 Å². The molecule has 0 radical (unpaired) electrons. The van der Waals surface area contributed by atoms with Gasteiger partial charge in [-0.25, -0.2) is 0 Å². The molecule has 0 spiro atoms. The first-order valence-electron chi connectivity index (χ1n) is 5.16. The Hall–Kier alpha value is -1.98. The topological polar surface area (TPSA) is 90.7 Å². The number of amides is 1. The van der Waals surface area contributed by atoms with Crippen molar-refractivity contribution in [2.75, 3.05) is 17.7 Å². The predicted molar refractivity (Wildman–Crippen MR) is 76.3 cm³/mol. The largest absolute Gasteiger partial charge is 0.363 e. The number of benzene rings is 1. The minimum Gasteiger partial charge on any atom is -0.363 e. The van der Waals surface area contributed by atoms with Gasteiger partial charge in [-0.05, 0) is 34.1 Å². The lowest BCUT2D eigenvalue weighted by Crippen LogP contribution is -2.12. The third-order valence-electron chi connectivity index (χ3n) is 2.18. The number of anilines is 2. The summed E-state index contributed by atoms with van der Waals surface area (Å²) < 4.78 is 0.637. The SMILES string of the molecule is CNc1nnc(C(=O)Nc2ccc(C#N)cc2Br)s1. The zero-order chi connectivity index (χ0) is 13.8. The van der Waals surface area contributed by atoms with E-state index in [-0.39, 0.29) is 10.9 Å². The van der Waals surface area contributed by atoms with Crippen LogP contribution in [0.15, 0.2) is 22.7 Å². The third-order valence-corrected chi connectivity index (χ3v) is 3.78. The van der Waals surface area contributed by atoms with Crippen molar-refractivity contribution >= 4 is 44.0 Å². The minimum absolute atomic E-state index is 0.264. The summed E-state index contributed by atoms with van der Waals surface area (Å²) in [6.45, 7) is 0. The van der Waals surface area contributed by atoms with Crippen molar-refractivity contribution in [2.24, 2.45) is 0 Å². The van der Waals surface area contributed by atoms with E-state index >= 15 is 0 Å². The van der Waals surface area contributed by atoms with Gasteiger partial charge >= 0.3 is 0 Å². The Labute approximate surface area is 121 Å². The van der Waals surface area contributed by atoms with Gasteiger partial charge in [-0.15, -0.1) is 10.2 Å². The van der Waals surface area contributed by atoms with E-state index in [0.29, 0.717) is 20.9 Å². The summed E-state index contributed by atoms with van der Waals surface area (Å²) in [4.78, 5) is 11.9. The number of nitrogens with zero attached hydrogens (tertiary/aromatic N) is 3. The molecule has 6 nitrogen and oxygen atoms in total. The van der Waals surface area contributed by atoms with Crippen LogP contribution in [0.4, 0.5) is 10.8 Å². The van der Waals surface area contributed by atoms with Crippen LogP contribution in [-0.4, -0.2) is 23.2 Å². The molecule has 0 aliphatic rings. The van der Waals surface area contributed by atoms with Gasteiger partial charge in [0.25, 0.3) is 5.91 Å². The lowest BCUT2D eigenvalue weighted by Gasteiger charge is -2.05. The molecule has 19 heavy (non-hydrogen) atoms. The van der Waals surface area contributed by atoms with Crippen LogP contribution in [0.25, 0.3) is 0 Å². The first kappa shape index (κ1) is 13.5. The smallest absolute Gasteiger partial charge is 0.286 e. The van der Waals surface area contributed by atoms with Crippen LogP contribution in [0.1, 0.15) is 15.4 Å². The summed E-state index contributed by atoms with van der Waals surface area (Å²) in [5.74, 6) is -0.343. The van der Waals surface area contributed by atoms with Crippen LogP contribution in [0, 0.1) is 11.3 Å². The highest BCUT2D eigenvalue weighted by molar-refractivity contribution is 9.10. The standard InChI is InChI=1S/C11H8BrN5OS/c1-14-11-17-16-10(19-11)9(18)15-8-3-2-6(5-13)4-7(8)12/h2-4H,1H3,(H,14,17)(H,15,18). The Morgan fingerprint density at radius 3 is 2.84 bits per heavy atom. The number of nitriles is 1. The first-order valence-corrected chi connectivity index (χ1v) is 6.77. The van der Waals surface area contributed by atoms with Crippen molar-refractivity contribution < 1.29 is 4.79 Å². The molecule has 0 atom stereocenters. The van der Waals surface area contributed by atoms with Gasteiger partial charge in [-0.2, -0.15) is 5.26 Å². The second-order valence-corrected chi connectivity index (χ2v) is 5.25. The molecule has 1 aromatic carbocycles. The minimum atomic E-state index is -0.343. The molecular weight excluding hydrogens is 330 g/mol. The fourth-order valence-corrected chi connectivity index (χ4v) is 2.35. The van der Waals surface area contributed by atoms with Crippen LogP contribution in [-0.2, 0) is 0 Å². The lowest BCUT2D eigenvalue weighted by molar-refractivity contribution is 0.102. The molecule has 0 unspecified atom stereocenters. The maximum Gasteiger partial charge on any atom is 0.286 e. The first-order chi connectivity index (χ1) is 9.13. The highest BCUT2D eigenvalue weighted by Gasteiger charge is 2.13. The maximum atomic E-state index is 11.9. The molecule has 0 aliphatic carbocycles. The van der Waals surface area contributed by atoms with Gasteiger partial charge in [0.05, 0.1) is 17.3 Å². The monoisotopic (exact) mass is 337 g/mol. The van der Waals surface area contributed by atoms with Crippen molar-refractivity contribution in [2.45, 2.75) is 0 Å². The number of carbonyl (C=O) groups is 1. The summed E-state index contributed by atoms with van der Waals surface area (Å²) in [5.41, 5.74) is 1.09. The third kappa shape index (κ3) is 3.07. The molecule has 2 aromatic rings. The molecule has 0 fully saturated rings. The highest BCUT2D eigenvalue weighted by atomic mass is 79.9. The molecular formula is C11H8BrN5OS. The number of rotatable bonds is 3. The average molecular weight is 338 g/mol. The van der Waals surface area contributed by atoms with Gasteiger partial charge in [0.1, 0.15) is 0 Å². The summed E-state index contributed by atoms with van der Waals surface area (Å²) >= 11 is 4.46. The zero-order valence-electron chi connectivity index (χ0n) is 9.77. The summed E-state index contributed by atoms with van der Waals surface area (Å²) in [7, 11) is 1.71. The van der Waals surface area contributed by atoms with Crippen LogP contribution >= 0.6 is 27.3 Å². The predicted octanol–water partition coefficient (Wildman–Crippen LogP) is 2.47. The molecule has 96 valence electrons. The van der Waals surface area contributed by atoms with E-state index in [0.717, 1.165) is 11.3 Å². The van der Waals surface area contributed by atoms with Crippen molar-refractivity contribution in [1.82, 2.24) is 10.2 Å². The van der Waals surface area contributed by atoms with Gasteiger partial charge in [0, 0.05) is 11.5 Å². The Balaban J connectivity index is 2.17. The summed E-state index contributed by atoms with van der Waals surface area (Å²) in [5, 5.41) is 22.7. The molecule has 0 saturated carbocycles. The number of hydrogen-bond donors (Lipinski definition) is 2. The maximum absolute atomic E-state index is 11.9. The fraction of sp³-hybridized carbons (Fsp3) is 0.0909. The van der Waals surface area contributed by atoms with E-state index in [9.17, 15) is 4.79 Å². The molecule has 1 heterocycles. The van der Waals surface area contributed by atoms with E-state index in [1.165, 1.54) is 0 Å². The van der Waals surface area contributed by atoms with Crippen LogP contribution < -0.4 is 10.6 Å². The van der Waals surface area contributed by atoms with Crippen molar-refractivity contribution in [3.05, 3.63) is 33.2 Å². The molecule has 8 heteroatoms. The number of halogens is 1. The van der Waals surface area contributed by atoms with Gasteiger partial charge < -0.3 is 10.6 Å². The number of aromatic nitrogens is 2. The molecule has 0 aliphatic heterocycles. The molecule has 1 aromatic heterocycles. The summed E-state index contributed by atoms with van der Waals surface area (Å²) in [6, 6.07) is 6.93. The quantitative estimate of drug-likeness (QED) is 0.897. The van der Waals surface area contributed by atoms with Gasteiger partial charge in [-0.3, -0.25) is 4.79 Å². The van der Waals surface area contributed by atoms with Gasteiger partial charge in [0.15, 0.2) is 0 Å². The average Bonchev–Trinajstić information content (AvgIpc) is 2.90. The van der Waals surface area contributed by atoms with Crippen molar-refractivity contribution in [3.8, 4) is 6.07 Å². The molecule has 1 amide bonds.